The van der Waals surface area contributed by atoms with Gasteiger partial charge in [0.15, 0.2) is 5.82 Å². The zero-order valence-corrected chi connectivity index (χ0v) is 13.6. The number of benzene rings is 1. The summed E-state index contributed by atoms with van der Waals surface area (Å²) in [6.45, 7) is 2.23. The Morgan fingerprint density at radius 3 is 2.72 bits per heavy atom. The van der Waals surface area contributed by atoms with E-state index in [4.69, 9.17) is 5.11 Å². The summed E-state index contributed by atoms with van der Waals surface area (Å²) in [5, 5.41) is 19.7. The van der Waals surface area contributed by atoms with Crippen molar-refractivity contribution in [2.24, 2.45) is 0 Å². The molecule has 0 bridgehead atoms. The van der Waals surface area contributed by atoms with Crippen molar-refractivity contribution in [1.82, 2.24) is 19.6 Å². The van der Waals surface area contributed by atoms with Crippen molar-refractivity contribution in [3.05, 3.63) is 65.6 Å². The van der Waals surface area contributed by atoms with Gasteiger partial charge in [-0.2, -0.15) is 10.2 Å². The summed E-state index contributed by atoms with van der Waals surface area (Å²) in [5.74, 6) is -0.976. The van der Waals surface area contributed by atoms with E-state index in [0.29, 0.717) is 12.4 Å². The largest absolute Gasteiger partial charge is 0.480 e. The molecule has 0 fully saturated rings. The first-order valence-corrected chi connectivity index (χ1v) is 7.65. The quantitative estimate of drug-likeness (QED) is 0.712. The summed E-state index contributed by atoms with van der Waals surface area (Å²) in [6.07, 6.45) is 2.71. The molecule has 8 heteroatoms. The van der Waals surface area contributed by atoms with Gasteiger partial charge in [-0.05, 0) is 12.5 Å². The molecule has 3 rings (SSSR count). The first kappa shape index (κ1) is 16.4. The topological polar surface area (TPSA) is 102 Å². The Hall–Kier alpha value is -3.42. The second-order valence-corrected chi connectivity index (χ2v) is 5.59. The highest BCUT2D eigenvalue weighted by Crippen LogP contribution is 2.12. The first-order valence-electron chi connectivity index (χ1n) is 7.65. The normalized spacial score (nSPS) is 10.6. The van der Waals surface area contributed by atoms with E-state index in [2.05, 4.69) is 15.5 Å². The van der Waals surface area contributed by atoms with Crippen molar-refractivity contribution in [2.75, 3.05) is 5.32 Å². The van der Waals surface area contributed by atoms with Crippen molar-refractivity contribution in [1.29, 1.82) is 0 Å². The molecule has 1 amide bonds. The third-order valence-corrected chi connectivity index (χ3v) is 3.59. The van der Waals surface area contributed by atoms with Gasteiger partial charge in [0, 0.05) is 18.0 Å². The lowest BCUT2D eigenvalue weighted by atomic mass is 10.2. The molecular weight excluding hydrogens is 322 g/mol. The molecule has 0 aliphatic rings. The summed E-state index contributed by atoms with van der Waals surface area (Å²) in [6, 6.07) is 11.7. The highest BCUT2D eigenvalue weighted by Gasteiger charge is 2.13. The number of hydrogen-bond donors (Lipinski definition) is 2. The van der Waals surface area contributed by atoms with Crippen molar-refractivity contribution in [2.45, 2.75) is 20.0 Å². The second kappa shape index (κ2) is 7.00. The van der Waals surface area contributed by atoms with Gasteiger partial charge in [0.25, 0.3) is 5.91 Å². The zero-order chi connectivity index (χ0) is 17.8. The summed E-state index contributed by atoms with van der Waals surface area (Å²) in [7, 11) is 0. The maximum Gasteiger partial charge on any atom is 0.325 e. The van der Waals surface area contributed by atoms with Crippen molar-refractivity contribution in [3.63, 3.8) is 0 Å². The maximum atomic E-state index is 12.2. The van der Waals surface area contributed by atoms with Gasteiger partial charge in [-0.25, -0.2) is 0 Å². The zero-order valence-electron chi connectivity index (χ0n) is 13.6. The molecule has 0 atom stereocenters. The van der Waals surface area contributed by atoms with Crippen LogP contribution in [-0.2, 0) is 17.9 Å². The number of aliphatic carboxylic acids is 1. The van der Waals surface area contributed by atoms with Crippen LogP contribution in [0, 0.1) is 6.92 Å². The minimum atomic E-state index is -1.02. The number of carbonyl (C=O) groups excluding carboxylic acids is 1. The van der Waals surface area contributed by atoms with Gasteiger partial charge in [0.2, 0.25) is 0 Å². The molecule has 2 heterocycles. The number of carbonyl (C=O) groups is 2. The van der Waals surface area contributed by atoms with E-state index in [1.165, 1.54) is 17.1 Å². The van der Waals surface area contributed by atoms with E-state index in [-0.39, 0.29) is 18.0 Å². The molecule has 0 unspecified atom stereocenters. The number of nitrogens with one attached hydrogen (secondary N) is 1. The highest BCUT2D eigenvalue weighted by atomic mass is 16.4. The second-order valence-electron chi connectivity index (χ2n) is 5.59. The molecule has 0 saturated heterocycles. The molecule has 25 heavy (non-hydrogen) atoms. The molecule has 128 valence electrons. The highest BCUT2D eigenvalue weighted by molar-refractivity contribution is 6.03. The minimum absolute atomic E-state index is 0.275. The molecule has 0 saturated carbocycles. The Labute approximate surface area is 143 Å². The predicted octanol–water partition coefficient (Wildman–Crippen LogP) is 1.77. The summed E-state index contributed by atoms with van der Waals surface area (Å²) < 4.78 is 3.00. The monoisotopic (exact) mass is 339 g/mol. The van der Waals surface area contributed by atoms with Gasteiger partial charge in [-0.3, -0.25) is 19.0 Å². The van der Waals surface area contributed by atoms with Crippen molar-refractivity contribution < 1.29 is 14.7 Å². The van der Waals surface area contributed by atoms with E-state index >= 15 is 0 Å². The predicted molar refractivity (Wildman–Crippen MR) is 90.3 cm³/mol. The van der Waals surface area contributed by atoms with Crippen molar-refractivity contribution >= 4 is 17.7 Å². The van der Waals surface area contributed by atoms with E-state index in [9.17, 15) is 9.59 Å². The Morgan fingerprint density at radius 2 is 2.00 bits per heavy atom. The molecule has 1 aromatic carbocycles. The van der Waals surface area contributed by atoms with E-state index in [1.807, 2.05) is 37.3 Å². The molecular formula is C17H17N5O3. The van der Waals surface area contributed by atoms with E-state index in [0.717, 1.165) is 11.3 Å². The maximum absolute atomic E-state index is 12.2. The average molecular weight is 339 g/mol. The number of carboxylic acid groups (broad SMARTS) is 1. The van der Waals surface area contributed by atoms with Crippen LogP contribution >= 0.6 is 0 Å². The van der Waals surface area contributed by atoms with Crippen LogP contribution in [-0.4, -0.2) is 36.5 Å². The van der Waals surface area contributed by atoms with Gasteiger partial charge < -0.3 is 10.4 Å². The van der Waals surface area contributed by atoms with Gasteiger partial charge in [0.05, 0.1) is 18.3 Å². The third kappa shape index (κ3) is 4.11. The number of hydrogen-bond acceptors (Lipinski definition) is 4. The average Bonchev–Trinajstić information content (AvgIpc) is 3.15. The smallest absolute Gasteiger partial charge is 0.325 e. The molecule has 0 spiro atoms. The van der Waals surface area contributed by atoms with Crippen molar-refractivity contribution in [3.8, 4) is 0 Å². The van der Waals surface area contributed by atoms with Gasteiger partial charge in [-0.1, -0.05) is 30.3 Å². The number of rotatable bonds is 6. The van der Waals surface area contributed by atoms with Gasteiger partial charge in [-0.15, -0.1) is 0 Å². The van der Waals surface area contributed by atoms with Crippen LogP contribution in [0.4, 0.5) is 5.82 Å². The van der Waals surface area contributed by atoms with Crippen LogP contribution in [0.2, 0.25) is 0 Å². The SMILES string of the molecule is Cc1cc(NC(=O)c2cnn(CC(=O)O)c2)nn1Cc1ccccc1. The van der Waals surface area contributed by atoms with Crippen LogP contribution in [0.1, 0.15) is 21.6 Å². The number of carboxylic acids is 1. The molecule has 8 nitrogen and oxygen atoms in total. The lowest BCUT2D eigenvalue weighted by Crippen LogP contribution is -2.13. The number of anilines is 1. The number of aromatic nitrogens is 4. The Balaban J connectivity index is 1.68. The summed E-state index contributed by atoms with van der Waals surface area (Å²) >= 11 is 0. The molecule has 0 aliphatic carbocycles. The third-order valence-electron chi connectivity index (χ3n) is 3.59. The van der Waals surface area contributed by atoms with Crippen LogP contribution < -0.4 is 5.32 Å². The lowest BCUT2D eigenvalue weighted by Gasteiger charge is -2.04. The number of nitrogens with zero attached hydrogens (tertiary/aromatic N) is 4. The summed E-state index contributed by atoms with van der Waals surface area (Å²) in [5.41, 5.74) is 2.30. The fraction of sp³-hybridized carbons (Fsp3) is 0.176. The lowest BCUT2D eigenvalue weighted by molar-refractivity contribution is -0.137. The Bertz CT molecular complexity index is 898. The standard InChI is InChI=1S/C17H17N5O3/c1-12-7-15(20-22(12)9-13-5-3-2-4-6-13)19-17(25)14-8-18-21(10-14)11-16(23)24/h2-8,10H,9,11H2,1H3,(H,23,24)(H,19,20,25). The fourth-order valence-electron chi connectivity index (χ4n) is 2.38. The summed E-state index contributed by atoms with van der Waals surface area (Å²) in [4.78, 5) is 22.9. The van der Waals surface area contributed by atoms with Crippen LogP contribution in [0.25, 0.3) is 0 Å². The Kier molecular flexibility index (Phi) is 4.60. The van der Waals surface area contributed by atoms with Gasteiger partial charge in [0.1, 0.15) is 6.54 Å². The minimum Gasteiger partial charge on any atom is -0.480 e. The van der Waals surface area contributed by atoms with E-state index < -0.39 is 5.97 Å². The molecule has 3 aromatic rings. The fourth-order valence-corrected chi connectivity index (χ4v) is 2.38. The van der Waals surface area contributed by atoms with Gasteiger partial charge >= 0.3 is 5.97 Å². The van der Waals surface area contributed by atoms with E-state index in [1.54, 1.807) is 10.7 Å². The molecule has 2 aromatic heterocycles. The molecule has 0 aliphatic heterocycles. The van der Waals surface area contributed by atoms with Crippen LogP contribution in [0.15, 0.2) is 48.8 Å². The molecule has 0 radical (unpaired) electrons. The Morgan fingerprint density at radius 1 is 1.24 bits per heavy atom. The molecule has 2 N–H and O–H groups in total. The van der Waals surface area contributed by atoms with Crippen LogP contribution in [0.3, 0.4) is 0 Å². The van der Waals surface area contributed by atoms with Crippen LogP contribution in [0.5, 0.6) is 0 Å². The first-order chi connectivity index (χ1) is 12.0. The number of amides is 1. The number of aryl methyl sites for hydroxylation is 1.